The number of benzene rings is 2. The molecule has 6 heteroatoms. The third-order valence-electron chi connectivity index (χ3n) is 4.95. The summed E-state index contributed by atoms with van der Waals surface area (Å²) < 4.78 is 1.02. The molecule has 1 aliphatic heterocycles. The van der Waals surface area contributed by atoms with Gasteiger partial charge in [-0.25, -0.2) is 0 Å². The van der Waals surface area contributed by atoms with Crippen molar-refractivity contribution in [2.24, 2.45) is 0 Å². The molecule has 2 aromatic carbocycles. The van der Waals surface area contributed by atoms with Crippen LogP contribution in [0.3, 0.4) is 0 Å². The van der Waals surface area contributed by atoms with Gasteiger partial charge < -0.3 is 10.0 Å². The lowest BCUT2D eigenvalue weighted by Gasteiger charge is -2.32. The predicted molar refractivity (Wildman–Crippen MR) is 96.5 cm³/mol. The maximum Gasteiger partial charge on any atom is 0.269 e. The fourth-order valence-corrected chi connectivity index (χ4v) is 4.38. The summed E-state index contributed by atoms with van der Waals surface area (Å²) in [6.45, 7) is 3.61. The number of nitro groups is 1. The minimum absolute atomic E-state index is 0.00413. The number of likely N-dealkylation sites (tertiary alicyclic amines) is 1. The average molecular weight is 391 g/mol. The van der Waals surface area contributed by atoms with Crippen molar-refractivity contribution in [3.05, 3.63) is 68.2 Å². The number of aromatic hydroxyl groups is 1. The van der Waals surface area contributed by atoms with Crippen molar-refractivity contribution in [2.75, 3.05) is 20.1 Å². The zero-order valence-electron chi connectivity index (χ0n) is 13.6. The Balaban J connectivity index is 2.15. The van der Waals surface area contributed by atoms with Gasteiger partial charge in [0, 0.05) is 46.6 Å². The largest absolute Gasteiger partial charge is 0.508 e. The van der Waals surface area contributed by atoms with Gasteiger partial charge in [0.1, 0.15) is 5.75 Å². The van der Waals surface area contributed by atoms with E-state index in [1.54, 1.807) is 0 Å². The second-order valence-corrected chi connectivity index (χ2v) is 7.50. The normalized spacial score (nSPS) is 24.2. The first-order valence-electron chi connectivity index (χ1n) is 7.74. The molecule has 0 unspecified atom stereocenters. The van der Waals surface area contributed by atoms with Crippen LogP contribution in [0.4, 0.5) is 5.69 Å². The zero-order valence-corrected chi connectivity index (χ0v) is 15.2. The molecule has 2 aromatic rings. The number of phenols is 1. The lowest BCUT2D eigenvalue weighted by molar-refractivity contribution is -0.385. The number of halogens is 1. The minimum atomic E-state index is -0.422. The van der Waals surface area contributed by atoms with Crippen LogP contribution >= 0.6 is 15.9 Å². The van der Waals surface area contributed by atoms with Gasteiger partial charge in [-0.2, -0.15) is 0 Å². The first-order valence-corrected chi connectivity index (χ1v) is 8.53. The highest BCUT2D eigenvalue weighted by Gasteiger charge is 2.46. The molecular weight excluding hydrogens is 372 g/mol. The van der Waals surface area contributed by atoms with E-state index in [0.29, 0.717) is 12.1 Å². The number of nitrogens with zero attached hydrogens (tertiary/aromatic N) is 2. The maximum absolute atomic E-state index is 11.2. The highest BCUT2D eigenvalue weighted by molar-refractivity contribution is 9.10. The molecule has 0 saturated carbocycles. The van der Waals surface area contributed by atoms with Crippen molar-refractivity contribution in [3.8, 4) is 5.75 Å². The number of phenolic OH excluding ortho intramolecular Hbond substituents is 1. The number of hydrogen-bond donors (Lipinski definition) is 1. The second-order valence-electron chi connectivity index (χ2n) is 6.65. The lowest BCUT2D eigenvalue weighted by Crippen LogP contribution is -2.31. The van der Waals surface area contributed by atoms with E-state index in [0.717, 1.165) is 16.6 Å². The summed E-state index contributed by atoms with van der Waals surface area (Å²) in [4.78, 5) is 12.9. The Labute approximate surface area is 149 Å². The zero-order chi connectivity index (χ0) is 17.5. The van der Waals surface area contributed by atoms with Gasteiger partial charge in [-0.05, 0) is 24.7 Å². The Hall–Kier alpha value is -1.92. The molecular formula is C18H19BrN2O3. The quantitative estimate of drug-likeness (QED) is 0.633. The molecule has 126 valence electrons. The molecule has 0 bridgehead atoms. The Morgan fingerprint density at radius 3 is 2.71 bits per heavy atom. The fraction of sp³-hybridized carbons (Fsp3) is 0.333. The highest BCUT2D eigenvalue weighted by Crippen LogP contribution is 2.49. The first kappa shape index (κ1) is 16.9. The molecule has 0 aliphatic carbocycles. The molecule has 1 N–H and O–H groups in total. The smallest absolute Gasteiger partial charge is 0.269 e. The van der Waals surface area contributed by atoms with Crippen LogP contribution in [0.1, 0.15) is 24.0 Å². The Kier molecular flexibility index (Phi) is 4.36. The van der Waals surface area contributed by atoms with Crippen LogP contribution in [-0.2, 0) is 5.41 Å². The first-order chi connectivity index (χ1) is 11.3. The molecule has 1 saturated heterocycles. The molecule has 1 heterocycles. The van der Waals surface area contributed by atoms with E-state index in [-0.39, 0.29) is 17.4 Å². The third-order valence-corrected chi connectivity index (χ3v) is 5.67. The van der Waals surface area contributed by atoms with E-state index >= 15 is 0 Å². The van der Waals surface area contributed by atoms with E-state index in [2.05, 4.69) is 33.8 Å². The van der Waals surface area contributed by atoms with Gasteiger partial charge in [0.05, 0.1) is 4.92 Å². The van der Waals surface area contributed by atoms with Crippen molar-refractivity contribution in [1.82, 2.24) is 4.90 Å². The van der Waals surface area contributed by atoms with Crippen molar-refractivity contribution >= 4 is 21.6 Å². The van der Waals surface area contributed by atoms with Crippen LogP contribution in [0.2, 0.25) is 0 Å². The molecule has 0 radical (unpaired) electrons. The minimum Gasteiger partial charge on any atom is -0.508 e. The lowest BCUT2D eigenvalue weighted by atomic mass is 9.71. The predicted octanol–water partition coefficient (Wildman–Crippen LogP) is 4.05. The molecule has 1 aliphatic rings. The van der Waals surface area contributed by atoms with E-state index in [1.807, 2.05) is 25.2 Å². The van der Waals surface area contributed by atoms with Crippen LogP contribution in [0, 0.1) is 10.1 Å². The van der Waals surface area contributed by atoms with Crippen molar-refractivity contribution in [1.29, 1.82) is 0 Å². The monoisotopic (exact) mass is 390 g/mol. The van der Waals surface area contributed by atoms with Crippen LogP contribution in [0.15, 0.2) is 46.9 Å². The van der Waals surface area contributed by atoms with Crippen LogP contribution < -0.4 is 0 Å². The summed E-state index contributed by atoms with van der Waals surface area (Å²) in [5, 5.41) is 21.6. The average Bonchev–Trinajstić information content (AvgIpc) is 2.83. The van der Waals surface area contributed by atoms with Gasteiger partial charge in [-0.1, -0.05) is 41.1 Å². The van der Waals surface area contributed by atoms with Gasteiger partial charge in [-0.3, -0.25) is 10.1 Å². The van der Waals surface area contributed by atoms with Crippen molar-refractivity contribution in [2.45, 2.75) is 18.3 Å². The van der Waals surface area contributed by atoms with Gasteiger partial charge in [0.15, 0.2) is 0 Å². The van der Waals surface area contributed by atoms with E-state index in [9.17, 15) is 15.2 Å². The Morgan fingerprint density at radius 2 is 2.04 bits per heavy atom. The SMILES string of the molecule is CN1C[C@H](c2ccccc2Br)[C@@](C)(c2cc([N+](=O)[O-])ccc2O)C1. The summed E-state index contributed by atoms with van der Waals surface area (Å²) >= 11 is 3.62. The number of hydrogen-bond acceptors (Lipinski definition) is 4. The number of non-ortho nitro benzene ring substituents is 1. The number of nitro benzene ring substituents is 1. The summed E-state index contributed by atoms with van der Waals surface area (Å²) in [7, 11) is 2.03. The highest BCUT2D eigenvalue weighted by atomic mass is 79.9. The summed E-state index contributed by atoms with van der Waals surface area (Å²) in [5.41, 5.74) is 1.36. The summed E-state index contributed by atoms with van der Waals surface area (Å²) in [6, 6.07) is 12.3. The van der Waals surface area contributed by atoms with Crippen LogP contribution in [0.25, 0.3) is 0 Å². The van der Waals surface area contributed by atoms with Gasteiger partial charge in [-0.15, -0.1) is 0 Å². The number of rotatable bonds is 3. The topological polar surface area (TPSA) is 66.6 Å². The number of likely N-dealkylation sites (N-methyl/N-ethyl adjacent to an activating group) is 1. The molecule has 0 aromatic heterocycles. The van der Waals surface area contributed by atoms with Gasteiger partial charge in [0.2, 0.25) is 0 Å². The summed E-state index contributed by atoms with van der Waals surface area (Å²) in [5.74, 6) is 0.224. The second kappa shape index (κ2) is 6.18. The van der Waals surface area contributed by atoms with Crippen molar-refractivity contribution in [3.63, 3.8) is 0 Å². The maximum atomic E-state index is 11.2. The van der Waals surface area contributed by atoms with Gasteiger partial charge in [0.25, 0.3) is 5.69 Å². The molecule has 2 atom stereocenters. The molecule has 1 fully saturated rings. The fourth-order valence-electron chi connectivity index (χ4n) is 3.82. The van der Waals surface area contributed by atoms with Crippen LogP contribution in [-0.4, -0.2) is 35.1 Å². The standard InChI is InChI=1S/C18H19BrN2O3/c1-18(14-9-12(21(23)24)7-8-17(14)22)11-20(2)10-15(18)13-5-3-4-6-16(13)19/h3-9,15,22H,10-11H2,1-2H3/t15-,18-/m1/s1. The summed E-state index contributed by atoms with van der Waals surface area (Å²) in [6.07, 6.45) is 0. The van der Waals surface area contributed by atoms with Crippen molar-refractivity contribution < 1.29 is 10.0 Å². The molecule has 0 amide bonds. The van der Waals surface area contributed by atoms with E-state index < -0.39 is 10.3 Å². The molecule has 24 heavy (non-hydrogen) atoms. The Bertz CT molecular complexity index is 796. The third kappa shape index (κ3) is 2.80. The molecule has 5 nitrogen and oxygen atoms in total. The molecule has 0 spiro atoms. The Morgan fingerprint density at radius 1 is 1.33 bits per heavy atom. The van der Waals surface area contributed by atoms with Crippen LogP contribution in [0.5, 0.6) is 5.75 Å². The van der Waals surface area contributed by atoms with Gasteiger partial charge >= 0.3 is 0 Å². The van der Waals surface area contributed by atoms with E-state index in [4.69, 9.17) is 0 Å². The van der Waals surface area contributed by atoms with E-state index in [1.165, 1.54) is 18.2 Å². The molecule has 3 rings (SSSR count).